The Bertz CT molecular complexity index is 6810. The van der Waals surface area contributed by atoms with E-state index in [1.54, 1.807) is 75.8 Å². The van der Waals surface area contributed by atoms with Gasteiger partial charge in [0.1, 0.15) is 28.6 Å². The number of imidazole rings is 4. The monoisotopic (exact) mass is 1820 g/mol. The maximum atomic E-state index is 14.5. The van der Waals surface area contributed by atoms with Gasteiger partial charge in [-0.15, -0.1) is 40.8 Å². The minimum Gasteiger partial charge on any atom is -0.390 e. The van der Waals surface area contributed by atoms with Crippen LogP contribution in [0.5, 0.6) is 0 Å². The molecule has 12 aromatic heterocycles. The normalized spacial score (nSPS) is 12.3. The van der Waals surface area contributed by atoms with Crippen molar-refractivity contribution >= 4 is 34.9 Å². The molecule has 0 radical (unpaired) electrons. The highest BCUT2D eigenvalue weighted by atomic mass is 35.5. The quantitative estimate of drug-likeness (QED) is 0.0240. The molecule has 0 aliphatic rings. The van der Waals surface area contributed by atoms with E-state index in [2.05, 4.69) is 141 Å². The highest BCUT2D eigenvalue weighted by Crippen LogP contribution is 2.38. The minimum absolute atomic E-state index is 0.0287. The zero-order chi connectivity index (χ0) is 95.4. The molecule has 0 aliphatic carbocycles. The van der Waals surface area contributed by atoms with E-state index >= 15 is 0 Å². The van der Waals surface area contributed by atoms with Gasteiger partial charge >= 0.3 is 6.18 Å². The summed E-state index contributed by atoms with van der Waals surface area (Å²) in [6, 6.07) is 44.8. The molecule has 133 heavy (non-hydrogen) atoms. The fourth-order valence-corrected chi connectivity index (χ4v) is 15.3. The number of aliphatic hydroxyl groups excluding tert-OH is 4. The molecule has 0 bridgehead atoms. The van der Waals surface area contributed by atoms with Crippen LogP contribution in [0.1, 0.15) is 177 Å². The molecule has 34 heteroatoms. The Morgan fingerprint density at radius 3 is 1.00 bits per heavy atom. The maximum absolute atomic E-state index is 14.5. The molecule has 4 atom stereocenters. The zero-order valence-corrected chi connectivity index (χ0v) is 77.5. The second-order valence-electron chi connectivity index (χ2n) is 33.3. The topological polar surface area (TPSA) is 375 Å². The molecular formula is C99H105ClF4N24O5. The lowest BCUT2D eigenvalue weighted by atomic mass is 9.91. The van der Waals surface area contributed by atoms with E-state index in [9.17, 15) is 43.1 Å². The van der Waals surface area contributed by atoms with Gasteiger partial charge in [0, 0.05) is 35.4 Å². The maximum Gasteiger partial charge on any atom is 0.419 e. The summed E-state index contributed by atoms with van der Waals surface area (Å²) < 4.78 is 61.0. The number of anilines is 4. The molecule has 4 aromatic carbocycles. The van der Waals surface area contributed by atoms with E-state index in [0.29, 0.717) is 103 Å². The summed E-state index contributed by atoms with van der Waals surface area (Å²) in [5.74, 6) is 0.993. The van der Waals surface area contributed by atoms with Crippen molar-refractivity contribution in [1.29, 1.82) is 0 Å². The zero-order valence-electron chi connectivity index (χ0n) is 76.8. The molecule has 12 heterocycles. The van der Waals surface area contributed by atoms with E-state index < -0.39 is 29.2 Å². The molecule has 0 aliphatic heterocycles. The first-order chi connectivity index (χ1) is 63.4. The Morgan fingerprint density at radius 1 is 0.361 bits per heavy atom. The Labute approximate surface area is 772 Å². The average Bonchev–Trinajstić information content (AvgIpc) is 1.71. The van der Waals surface area contributed by atoms with Gasteiger partial charge in [0.2, 0.25) is 0 Å². The Hall–Kier alpha value is -14.4. The second kappa shape index (κ2) is 41.8. The molecule has 0 spiro atoms. The number of nitrogens with zero attached hydrogens (tertiary/aromatic N) is 20. The third-order valence-electron chi connectivity index (χ3n) is 22.3. The van der Waals surface area contributed by atoms with Gasteiger partial charge in [0.25, 0.3) is 0 Å². The van der Waals surface area contributed by atoms with Crippen LogP contribution in [0.25, 0.3) is 68.3 Å². The largest absolute Gasteiger partial charge is 0.419 e. The fraction of sp³-hybridized carbons (Fsp3) is 0.273. The third-order valence-corrected chi connectivity index (χ3v) is 22.7. The van der Waals surface area contributed by atoms with Crippen molar-refractivity contribution in [3.63, 3.8) is 0 Å². The summed E-state index contributed by atoms with van der Waals surface area (Å²) in [6.07, 6.45) is 9.45. The lowest BCUT2D eigenvalue weighted by molar-refractivity contribution is -0.140. The summed E-state index contributed by atoms with van der Waals surface area (Å²) >= 11 is 6.41. The highest BCUT2D eigenvalue weighted by molar-refractivity contribution is 6.31. The lowest BCUT2D eigenvalue weighted by Crippen LogP contribution is -2.35. The van der Waals surface area contributed by atoms with Crippen molar-refractivity contribution in [1.82, 2.24) is 98.9 Å². The van der Waals surface area contributed by atoms with Crippen molar-refractivity contribution in [2.24, 2.45) is 0 Å². The molecule has 16 aromatic rings. The van der Waals surface area contributed by atoms with Crippen LogP contribution in [0.3, 0.4) is 0 Å². The first-order valence-electron chi connectivity index (χ1n) is 42.8. The smallest absolute Gasteiger partial charge is 0.390 e. The molecule has 0 saturated carbocycles. The van der Waals surface area contributed by atoms with Gasteiger partial charge in [0.05, 0.1) is 178 Å². The molecule has 16 rings (SSSR count). The number of rotatable bonds is 25. The van der Waals surface area contributed by atoms with Crippen LogP contribution in [-0.4, -0.2) is 130 Å². The number of aromatic nitrogens is 20. The number of pyridine rings is 4. The van der Waals surface area contributed by atoms with E-state index in [1.807, 2.05) is 205 Å². The van der Waals surface area contributed by atoms with Crippen LogP contribution in [0.4, 0.5) is 40.8 Å². The van der Waals surface area contributed by atoms with Crippen molar-refractivity contribution in [3.05, 3.63) is 330 Å². The SMILES string of the molecule is Cc1ccc([C@@H](C)Nc2nnc(-c3ccc(-n4cnc(C)c4)c(CO)n3)cc2C)c(Cl)c1.Cc1ccc([C@@H](Nc2nnc(-c3ccc(-n4cnc(C)c4)c(CO)n3)cc2C)C(C)(C)O)cc1.Cc1cn(-c2ccc(-c3cc(C)c(N[C@@H](C)c4cccc(C(F)(F)F)c4F)nn3)nc2CO)cn1.Cc1cn(-c2ccc(-c3cc(C)c(N[C@@H](C)c4cccc(C)c4C)nn3)nc2CO)cn1. The molecule has 0 fully saturated rings. The molecule has 686 valence electrons. The van der Waals surface area contributed by atoms with Crippen LogP contribution in [-0.2, 0) is 32.6 Å². The second-order valence-corrected chi connectivity index (χ2v) is 33.7. The summed E-state index contributed by atoms with van der Waals surface area (Å²) in [5.41, 5.74) is 22.3. The van der Waals surface area contributed by atoms with Gasteiger partial charge in [-0.25, -0.2) is 44.3 Å². The fourth-order valence-electron chi connectivity index (χ4n) is 14.9. The van der Waals surface area contributed by atoms with Crippen LogP contribution in [0.2, 0.25) is 5.02 Å². The molecular weight excluding hydrogens is 1720 g/mol. The molecule has 9 N–H and O–H groups in total. The van der Waals surface area contributed by atoms with Gasteiger partial charge in [0.15, 0.2) is 23.3 Å². The number of aryl methyl sites for hydroxylation is 11. The van der Waals surface area contributed by atoms with Crippen molar-refractivity contribution < 1.29 is 43.1 Å². The van der Waals surface area contributed by atoms with E-state index in [4.69, 9.17) is 11.6 Å². The summed E-state index contributed by atoms with van der Waals surface area (Å²) in [6.45, 7) is 31.9. The number of alkyl halides is 3. The van der Waals surface area contributed by atoms with Crippen molar-refractivity contribution in [2.75, 3.05) is 21.3 Å². The number of nitrogens with one attached hydrogen (secondary N) is 4. The minimum atomic E-state index is -4.79. The molecule has 0 saturated heterocycles. The number of hydrogen-bond donors (Lipinski definition) is 9. The van der Waals surface area contributed by atoms with Crippen LogP contribution in [0, 0.1) is 88.9 Å². The summed E-state index contributed by atoms with van der Waals surface area (Å²) in [4.78, 5) is 35.3. The van der Waals surface area contributed by atoms with Crippen molar-refractivity contribution in [2.45, 2.75) is 180 Å². The number of hydrogen-bond acceptors (Lipinski definition) is 25. The van der Waals surface area contributed by atoms with Gasteiger partial charge in [-0.3, -0.25) is 0 Å². The molecule has 0 unspecified atom stereocenters. The van der Waals surface area contributed by atoms with Gasteiger partial charge in [-0.2, -0.15) is 13.2 Å². The van der Waals surface area contributed by atoms with Crippen molar-refractivity contribution in [3.8, 4) is 68.3 Å². The van der Waals surface area contributed by atoms with Crippen LogP contribution < -0.4 is 21.3 Å². The van der Waals surface area contributed by atoms with Gasteiger partial charge < -0.3 is 65.1 Å². The van der Waals surface area contributed by atoms with Crippen LogP contribution >= 0.6 is 11.6 Å². The summed E-state index contributed by atoms with van der Waals surface area (Å²) in [7, 11) is 0. The Morgan fingerprint density at radius 2 is 0.684 bits per heavy atom. The van der Waals surface area contributed by atoms with Crippen LogP contribution in [0.15, 0.2) is 202 Å². The summed E-state index contributed by atoms with van der Waals surface area (Å²) in [5, 5.41) is 98.8. The van der Waals surface area contributed by atoms with E-state index in [0.717, 1.165) is 89.6 Å². The predicted octanol–water partition coefficient (Wildman–Crippen LogP) is 18.8. The van der Waals surface area contributed by atoms with Gasteiger partial charge in [-0.05, 0) is 258 Å². The standard InChI is InChI=1S/C26H30N6O2.C25H28N6O.C24H25ClN6O.C24H22F4N6O/c1-16-6-8-19(9-7-16)24(26(4,5)34)29-25-17(2)12-21(30-31-25)20-10-11-23(22(14-33)28-20)32-13-18(3)27-15-32;1-15-7-6-8-20(18(15)4)19(5)27-25-16(2)11-22(29-30-25)21-9-10-24(23(13-32)28-21)31-12-17(3)26-14-31;1-14-5-6-18(19(25)9-14)17(4)27-24-15(2)10-21(29-30-24)20-7-8-23(22(12-32)28-20)31-11-16(3)26-13-31;1-13-9-19(18-7-8-21(20(11-35)31-18)34-10-14(2)29-12-34)32-33-23(13)30-15(3)16-5-4-6-17(22(16)25)24(26,27)28/h6-13,15,24,33-34H,14H2,1-5H3,(H,29,31);6-12,14,19,32H,13H2,1-5H3,(H,27,30);5-11,13,17,32H,12H2,1-4H3,(H,27,30);4-10,12,15,35H,11H2,1-3H3,(H,30,33)/t24-;19-;17-;15-/m1010/s1. The third kappa shape index (κ3) is 23.2. The van der Waals surface area contributed by atoms with E-state index in [1.165, 1.54) is 28.8 Å². The molecule has 29 nitrogen and oxygen atoms in total. The highest BCUT2D eigenvalue weighted by Gasteiger charge is 2.36. The van der Waals surface area contributed by atoms with E-state index in [-0.39, 0.29) is 50.1 Å². The number of benzene rings is 4. The number of halogens is 5. The average molecular weight is 1820 g/mol. The number of aliphatic hydroxyl groups is 5. The molecule has 0 amide bonds. The lowest BCUT2D eigenvalue weighted by Gasteiger charge is -2.31. The Kier molecular flexibility index (Phi) is 30.3. The van der Waals surface area contributed by atoms with Gasteiger partial charge in [-0.1, -0.05) is 83.9 Å². The first kappa shape index (κ1) is 96.2. The Balaban J connectivity index is 0.000000151. The first-order valence-corrected chi connectivity index (χ1v) is 43.2. The predicted molar refractivity (Wildman–Crippen MR) is 505 cm³/mol.